The molecule has 0 spiro atoms. The van der Waals surface area contributed by atoms with E-state index in [1.54, 1.807) is 0 Å². The highest BCUT2D eigenvalue weighted by molar-refractivity contribution is 5.47. The Labute approximate surface area is 81.0 Å². The van der Waals surface area contributed by atoms with Crippen LogP contribution in [0.4, 0.5) is 0 Å². The summed E-state index contributed by atoms with van der Waals surface area (Å²) in [5, 5.41) is 20.9. The zero-order chi connectivity index (χ0) is 10.1. The first-order chi connectivity index (χ1) is 6.68. The molecular formula is C9H10N4O. The molecule has 2 rings (SSSR count). The molecule has 0 saturated carbocycles. The fourth-order valence-electron chi connectivity index (χ4n) is 1.33. The number of phenols is 1. The average molecular weight is 190 g/mol. The molecule has 0 unspecified atom stereocenters. The topological polar surface area (TPSA) is 63.8 Å². The maximum Gasteiger partial charge on any atom is 0.162 e. The fraction of sp³-hybridized carbons (Fsp3) is 0.222. The van der Waals surface area contributed by atoms with Crippen molar-refractivity contribution >= 4 is 0 Å². The zero-order valence-corrected chi connectivity index (χ0v) is 7.97. The molecule has 0 aliphatic heterocycles. The number of aryl methyl sites for hydroxylation is 2. The molecular weight excluding hydrogens is 180 g/mol. The van der Waals surface area contributed by atoms with Crippen molar-refractivity contribution in [3.05, 3.63) is 29.6 Å². The van der Waals surface area contributed by atoms with Crippen LogP contribution in [0.25, 0.3) is 5.69 Å². The predicted molar refractivity (Wildman–Crippen MR) is 50.3 cm³/mol. The summed E-state index contributed by atoms with van der Waals surface area (Å²) < 4.78 is 0. The van der Waals surface area contributed by atoms with Gasteiger partial charge in [-0.25, -0.2) is 0 Å². The number of nitrogens with zero attached hydrogens (tertiary/aromatic N) is 4. The second-order valence-corrected chi connectivity index (χ2v) is 3.15. The Balaban J connectivity index is 2.57. The minimum Gasteiger partial charge on any atom is -0.507 e. The first-order valence-corrected chi connectivity index (χ1v) is 4.22. The second kappa shape index (κ2) is 3.10. The summed E-state index contributed by atoms with van der Waals surface area (Å²) in [6, 6.07) is 3.62. The summed E-state index contributed by atoms with van der Waals surface area (Å²) in [4.78, 5) is 1.42. The Morgan fingerprint density at radius 1 is 1.21 bits per heavy atom. The highest BCUT2D eigenvalue weighted by Gasteiger charge is 2.05. The van der Waals surface area contributed by atoms with Crippen molar-refractivity contribution in [3.63, 3.8) is 0 Å². The second-order valence-electron chi connectivity index (χ2n) is 3.15. The van der Waals surface area contributed by atoms with Gasteiger partial charge in [0.15, 0.2) is 6.33 Å². The molecule has 0 bridgehead atoms. The van der Waals surface area contributed by atoms with E-state index in [0.717, 1.165) is 16.8 Å². The number of hydrogen-bond donors (Lipinski definition) is 1. The molecule has 72 valence electrons. The summed E-state index contributed by atoms with van der Waals surface area (Å²) >= 11 is 0. The van der Waals surface area contributed by atoms with Crippen molar-refractivity contribution in [1.82, 2.24) is 20.2 Å². The lowest BCUT2D eigenvalue weighted by Gasteiger charge is -2.05. The Morgan fingerprint density at radius 3 is 2.36 bits per heavy atom. The van der Waals surface area contributed by atoms with Gasteiger partial charge in [-0.15, -0.1) is 15.0 Å². The van der Waals surface area contributed by atoms with Gasteiger partial charge in [0.25, 0.3) is 0 Å². The highest BCUT2D eigenvalue weighted by Crippen LogP contribution is 2.23. The molecule has 2 aromatic rings. The van der Waals surface area contributed by atoms with E-state index in [4.69, 9.17) is 0 Å². The molecule has 0 fully saturated rings. The van der Waals surface area contributed by atoms with Gasteiger partial charge in [0, 0.05) is 0 Å². The maximum absolute atomic E-state index is 9.56. The molecule has 0 radical (unpaired) electrons. The van der Waals surface area contributed by atoms with Gasteiger partial charge in [-0.05, 0) is 42.3 Å². The molecule has 5 nitrogen and oxygen atoms in total. The van der Waals surface area contributed by atoms with E-state index in [9.17, 15) is 5.11 Å². The number of benzene rings is 1. The van der Waals surface area contributed by atoms with Crippen LogP contribution in [0.1, 0.15) is 11.1 Å². The van der Waals surface area contributed by atoms with Crippen molar-refractivity contribution in [2.45, 2.75) is 13.8 Å². The SMILES string of the molecule is Cc1cc(-n2ncnn2)cc(C)c1O. The van der Waals surface area contributed by atoms with Gasteiger partial charge in [-0.1, -0.05) is 0 Å². The third-order valence-corrected chi connectivity index (χ3v) is 2.06. The molecule has 14 heavy (non-hydrogen) atoms. The van der Waals surface area contributed by atoms with E-state index in [-0.39, 0.29) is 0 Å². The van der Waals surface area contributed by atoms with Gasteiger partial charge < -0.3 is 5.11 Å². The Morgan fingerprint density at radius 2 is 1.86 bits per heavy atom. The largest absolute Gasteiger partial charge is 0.507 e. The van der Waals surface area contributed by atoms with Crippen LogP contribution in [0.15, 0.2) is 18.5 Å². The quantitative estimate of drug-likeness (QED) is 0.728. The van der Waals surface area contributed by atoms with Gasteiger partial charge in [-0.3, -0.25) is 0 Å². The molecule has 0 amide bonds. The molecule has 0 aliphatic carbocycles. The molecule has 1 heterocycles. The van der Waals surface area contributed by atoms with E-state index in [2.05, 4.69) is 15.4 Å². The third kappa shape index (κ3) is 1.32. The van der Waals surface area contributed by atoms with Crippen molar-refractivity contribution in [3.8, 4) is 11.4 Å². The molecule has 1 N–H and O–H groups in total. The molecule has 0 aliphatic rings. The monoisotopic (exact) mass is 190 g/mol. The Hall–Kier alpha value is -1.91. The van der Waals surface area contributed by atoms with Crippen LogP contribution in [0.2, 0.25) is 0 Å². The van der Waals surface area contributed by atoms with E-state index in [1.807, 2.05) is 26.0 Å². The number of rotatable bonds is 1. The lowest BCUT2D eigenvalue weighted by Crippen LogP contribution is -2.00. The first-order valence-electron chi connectivity index (χ1n) is 4.22. The Kier molecular flexibility index (Phi) is 1.92. The van der Waals surface area contributed by atoms with Gasteiger partial charge in [0.05, 0.1) is 5.69 Å². The number of aromatic hydroxyl groups is 1. The van der Waals surface area contributed by atoms with Crippen LogP contribution in [0, 0.1) is 13.8 Å². The van der Waals surface area contributed by atoms with Crippen LogP contribution in [-0.4, -0.2) is 25.3 Å². The van der Waals surface area contributed by atoms with Crippen LogP contribution in [0.5, 0.6) is 5.75 Å². The number of hydrogen-bond acceptors (Lipinski definition) is 4. The summed E-state index contributed by atoms with van der Waals surface area (Å²) in [6.07, 6.45) is 1.37. The van der Waals surface area contributed by atoms with Gasteiger partial charge in [0.2, 0.25) is 0 Å². The number of aromatic nitrogens is 4. The van der Waals surface area contributed by atoms with Crippen molar-refractivity contribution < 1.29 is 5.11 Å². The lowest BCUT2D eigenvalue weighted by atomic mass is 10.1. The van der Waals surface area contributed by atoms with E-state index in [1.165, 1.54) is 11.1 Å². The van der Waals surface area contributed by atoms with Crippen LogP contribution in [-0.2, 0) is 0 Å². The normalized spacial score (nSPS) is 10.4. The molecule has 1 aromatic heterocycles. The minimum absolute atomic E-state index is 0.314. The van der Waals surface area contributed by atoms with Crippen LogP contribution in [0.3, 0.4) is 0 Å². The Bertz CT molecular complexity index is 427. The average Bonchev–Trinajstić information content (AvgIpc) is 2.66. The molecule has 1 aromatic carbocycles. The smallest absolute Gasteiger partial charge is 0.162 e. The summed E-state index contributed by atoms with van der Waals surface area (Å²) in [7, 11) is 0. The molecule has 0 atom stereocenters. The van der Waals surface area contributed by atoms with Gasteiger partial charge >= 0.3 is 0 Å². The van der Waals surface area contributed by atoms with Gasteiger partial charge in [0.1, 0.15) is 5.75 Å². The predicted octanol–water partition coefficient (Wildman–Crippen LogP) is 0.985. The molecule has 5 heteroatoms. The van der Waals surface area contributed by atoms with Crippen molar-refractivity contribution in [2.75, 3.05) is 0 Å². The van der Waals surface area contributed by atoms with E-state index in [0.29, 0.717) is 5.75 Å². The summed E-state index contributed by atoms with van der Waals surface area (Å²) in [6.45, 7) is 3.67. The van der Waals surface area contributed by atoms with E-state index >= 15 is 0 Å². The lowest BCUT2D eigenvalue weighted by molar-refractivity contribution is 0.466. The van der Waals surface area contributed by atoms with Crippen LogP contribution >= 0.6 is 0 Å². The van der Waals surface area contributed by atoms with E-state index < -0.39 is 0 Å². The van der Waals surface area contributed by atoms with Crippen molar-refractivity contribution in [2.24, 2.45) is 0 Å². The van der Waals surface area contributed by atoms with Crippen molar-refractivity contribution in [1.29, 1.82) is 0 Å². The third-order valence-electron chi connectivity index (χ3n) is 2.06. The zero-order valence-electron chi connectivity index (χ0n) is 7.97. The molecule has 0 saturated heterocycles. The first kappa shape index (κ1) is 8.68. The standard InChI is InChI=1S/C9H10N4O/c1-6-3-8(4-7(2)9(6)14)13-11-5-10-12-13/h3-5,14H,1-2H3. The summed E-state index contributed by atoms with van der Waals surface area (Å²) in [5.41, 5.74) is 2.41. The van der Waals surface area contributed by atoms with Gasteiger partial charge in [-0.2, -0.15) is 0 Å². The fourth-order valence-corrected chi connectivity index (χ4v) is 1.33. The highest BCUT2D eigenvalue weighted by atomic mass is 16.3. The number of tetrazole rings is 1. The summed E-state index contributed by atoms with van der Waals surface area (Å²) in [5.74, 6) is 0.314. The van der Waals surface area contributed by atoms with Crippen LogP contribution < -0.4 is 0 Å². The number of phenolic OH excluding ortho intramolecular Hbond substituents is 1. The minimum atomic E-state index is 0.314. The maximum atomic E-state index is 9.56.